The van der Waals surface area contributed by atoms with Gasteiger partial charge in [0.2, 0.25) is 11.8 Å². The Kier molecular flexibility index (Phi) is 3.41. The third-order valence-electron chi connectivity index (χ3n) is 2.76. The Labute approximate surface area is 99.2 Å². The van der Waals surface area contributed by atoms with Crippen LogP contribution in [0.4, 0.5) is 5.95 Å². The molecule has 0 radical (unpaired) electrons. The Balaban J connectivity index is 2.31. The van der Waals surface area contributed by atoms with Crippen molar-refractivity contribution in [2.45, 2.75) is 19.3 Å². The second-order valence-corrected chi connectivity index (χ2v) is 3.95. The second-order valence-electron chi connectivity index (χ2n) is 3.95. The number of anilines is 1. The summed E-state index contributed by atoms with van der Waals surface area (Å²) in [6.45, 7) is 1.73. The van der Waals surface area contributed by atoms with Gasteiger partial charge in [-0.3, -0.25) is 0 Å². The van der Waals surface area contributed by atoms with Gasteiger partial charge in [-0.25, -0.2) is 9.78 Å². The summed E-state index contributed by atoms with van der Waals surface area (Å²) in [7, 11) is 1.47. The lowest BCUT2D eigenvalue weighted by Gasteiger charge is -2.26. The number of carbonyl (C=O) groups is 1. The van der Waals surface area contributed by atoms with E-state index in [0.717, 1.165) is 25.9 Å². The molecule has 1 saturated heterocycles. The minimum Gasteiger partial charge on any atom is -0.481 e. The van der Waals surface area contributed by atoms with Crippen LogP contribution in [0.3, 0.4) is 0 Å². The van der Waals surface area contributed by atoms with E-state index >= 15 is 0 Å². The van der Waals surface area contributed by atoms with E-state index in [2.05, 4.69) is 9.97 Å². The van der Waals surface area contributed by atoms with Gasteiger partial charge in [-0.15, -0.1) is 0 Å². The van der Waals surface area contributed by atoms with Gasteiger partial charge < -0.3 is 14.7 Å². The summed E-state index contributed by atoms with van der Waals surface area (Å²) in [4.78, 5) is 21.2. The Hall–Kier alpha value is -1.85. The normalized spacial score (nSPS) is 15.7. The minimum atomic E-state index is -1.07. The second kappa shape index (κ2) is 4.99. The zero-order chi connectivity index (χ0) is 12.3. The fourth-order valence-corrected chi connectivity index (χ4v) is 1.86. The molecule has 6 heteroatoms. The Morgan fingerprint density at radius 2 is 2.06 bits per heavy atom. The molecule has 1 aromatic heterocycles. The molecule has 6 nitrogen and oxygen atoms in total. The molecule has 17 heavy (non-hydrogen) atoms. The number of ether oxygens (including phenoxy) is 1. The van der Waals surface area contributed by atoms with Crippen molar-refractivity contribution in [3.05, 3.63) is 11.8 Å². The van der Waals surface area contributed by atoms with Crippen LogP contribution in [0.2, 0.25) is 0 Å². The Morgan fingerprint density at radius 1 is 1.35 bits per heavy atom. The van der Waals surface area contributed by atoms with E-state index in [1.165, 1.54) is 19.6 Å². The van der Waals surface area contributed by atoms with Crippen LogP contribution in [-0.2, 0) is 0 Å². The smallest absolute Gasteiger partial charge is 0.354 e. The molecule has 1 N–H and O–H groups in total. The van der Waals surface area contributed by atoms with Gasteiger partial charge in [0.05, 0.1) is 7.11 Å². The number of hydrogen-bond donors (Lipinski definition) is 1. The van der Waals surface area contributed by atoms with Gasteiger partial charge >= 0.3 is 5.97 Å². The fraction of sp³-hybridized carbons (Fsp3) is 0.545. The molecular weight excluding hydrogens is 222 g/mol. The van der Waals surface area contributed by atoms with Crippen LogP contribution in [-0.4, -0.2) is 41.2 Å². The van der Waals surface area contributed by atoms with Gasteiger partial charge in [-0.05, 0) is 19.3 Å². The Bertz CT molecular complexity index is 416. The number of carboxylic acids is 1. The average Bonchev–Trinajstić information content (AvgIpc) is 2.39. The van der Waals surface area contributed by atoms with E-state index in [0.29, 0.717) is 5.95 Å². The average molecular weight is 237 g/mol. The molecule has 0 saturated carbocycles. The summed E-state index contributed by atoms with van der Waals surface area (Å²) >= 11 is 0. The first kappa shape index (κ1) is 11.6. The summed E-state index contributed by atoms with van der Waals surface area (Å²) in [5, 5.41) is 8.96. The summed E-state index contributed by atoms with van der Waals surface area (Å²) in [6, 6.07) is 1.33. The van der Waals surface area contributed by atoms with Crippen LogP contribution in [0, 0.1) is 0 Å². The van der Waals surface area contributed by atoms with Crippen LogP contribution < -0.4 is 9.64 Å². The third-order valence-corrected chi connectivity index (χ3v) is 2.76. The lowest BCUT2D eigenvalue weighted by atomic mass is 10.1. The van der Waals surface area contributed by atoms with Crippen LogP contribution in [0.15, 0.2) is 6.07 Å². The van der Waals surface area contributed by atoms with E-state index in [9.17, 15) is 4.79 Å². The van der Waals surface area contributed by atoms with Crippen molar-refractivity contribution in [3.8, 4) is 5.88 Å². The van der Waals surface area contributed by atoms with E-state index in [1.54, 1.807) is 0 Å². The molecule has 92 valence electrons. The van der Waals surface area contributed by atoms with E-state index in [1.807, 2.05) is 4.90 Å². The number of rotatable bonds is 3. The highest BCUT2D eigenvalue weighted by Crippen LogP contribution is 2.19. The standard InChI is InChI=1S/C11H15N3O3/c1-17-9-7-8(10(15)16)12-11(13-9)14-5-3-2-4-6-14/h7H,2-6H2,1H3,(H,15,16). The zero-order valence-electron chi connectivity index (χ0n) is 9.72. The maximum Gasteiger partial charge on any atom is 0.354 e. The highest BCUT2D eigenvalue weighted by Gasteiger charge is 2.17. The highest BCUT2D eigenvalue weighted by molar-refractivity contribution is 5.86. The summed E-state index contributed by atoms with van der Waals surface area (Å²) in [6.07, 6.45) is 3.37. The quantitative estimate of drug-likeness (QED) is 0.850. The molecular formula is C11H15N3O3. The molecule has 0 aliphatic carbocycles. The highest BCUT2D eigenvalue weighted by atomic mass is 16.5. The van der Waals surface area contributed by atoms with Crippen LogP contribution >= 0.6 is 0 Å². The van der Waals surface area contributed by atoms with Gasteiger partial charge in [0.25, 0.3) is 0 Å². The maximum atomic E-state index is 10.9. The summed E-state index contributed by atoms with van der Waals surface area (Å²) < 4.78 is 5.00. The molecule has 0 unspecified atom stereocenters. The molecule has 0 amide bonds. The van der Waals surface area contributed by atoms with Crippen LogP contribution in [0.25, 0.3) is 0 Å². The molecule has 1 aliphatic rings. The first-order valence-electron chi connectivity index (χ1n) is 5.62. The number of methoxy groups -OCH3 is 1. The zero-order valence-corrected chi connectivity index (χ0v) is 9.72. The van der Waals surface area contributed by atoms with Gasteiger partial charge in [-0.2, -0.15) is 4.98 Å². The van der Waals surface area contributed by atoms with Crippen molar-refractivity contribution in [3.63, 3.8) is 0 Å². The van der Waals surface area contributed by atoms with Crippen molar-refractivity contribution in [1.29, 1.82) is 0 Å². The van der Waals surface area contributed by atoms with Crippen molar-refractivity contribution >= 4 is 11.9 Å². The molecule has 2 rings (SSSR count). The van der Waals surface area contributed by atoms with Gasteiger partial charge in [0.15, 0.2) is 5.69 Å². The van der Waals surface area contributed by atoms with Crippen molar-refractivity contribution in [1.82, 2.24) is 9.97 Å². The van der Waals surface area contributed by atoms with E-state index in [-0.39, 0.29) is 11.6 Å². The monoisotopic (exact) mass is 237 g/mol. The summed E-state index contributed by atoms with van der Waals surface area (Å²) in [5.41, 5.74) is -0.0302. The Morgan fingerprint density at radius 3 is 2.65 bits per heavy atom. The third kappa shape index (κ3) is 2.64. The number of aromatic nitrogens is 2. The number of hydrogen-bond acceptors (Lipinski definition) is 5. The van der Waals surface area contributed by atoms with E-state index < -0.39 is 5.97 Å². The first-order chi connectivity index (χ1) is 8.20. The maximum absolute atomic E-state index is 10.9. The van der Waals surface area contributed by atoms with Gasteiger partial charge in [0.1, 0.15) is 0 Å². The molecule has 0 bridgehead atoms. The predicted molar refractivity (Wildman–Crippen MR) is 61.6 cm³/mol. The number of nitrogens with zero attached hydrogens (tertiary/aromatic N) is 3. The molecule has 0 spiro atoms. The van der Waals surface area contributed by atoms with Crippen LogP contribution in [0.5, 0.6) is 5.88 Å². The number of aromatic carboxylic acids is 1. The van der Waals surface area contributed by atoms with Crippen molar-refractivity contribution in [2.24, 2.45) is 0 Å². The van der Waals surface area contributed by atoms with E-state index in [4.69, 9.17) is 9.84 Å². The molecule has 1 aliphatic heterocycles. The topological polar surface area (TPSA) is 75.6 Å². The van der Waals surface area contributed by atoms with Crippen molar-refractivity contribution < 1.29 is 14.6 Å². The SMILES string of the molecule is COc1cc(C(=O)O)nc(N2CCCCC2)n1. The molecule has 1 fully saturated rings. The summed E-state index contributed by atoms with van der Waals surface area (Å²) in [5.74, 6) is -0.330. The first-order valence-corrected chi connectivity index (χ1v) is 5.62. The lowest BCUT2D eigenvalue weighted by Crippen LogP contribution is -2.31. The number of piperidine rings is 1. The predicted octanol–water partition coefficient (Wildman–Crippen LogP) is 1.17. The molecule has 2 heterocycles. The number of carboxylic acid groups (broad SMARTS) is 1. The lowest BCUT2D eigenvalue weighted by molar-refractivity contribution is 0.0689. The molecule has 1 aromatic rings. The van der Waals surface area contributed by atoms with Gasteiger partial charge in [-0.1, -0.05) is 0 Å². The minimum absolute atomic E-state index is 0.0302. The largest absolute Gasteiger partial charge is 0.481 e. The molecule has 0 aromatic carbocycles. The van der Waals surface area contributed by atoms with Crippen molar-refractivity contribution in [2.75, 3.05) is 25.1 Å². The molecule has 0 atom stereocenters. The van der Waals surface area contributed by atoms with Crippen LogP contribution in [0.1, 0.15) is 29.8 Å². The fourth-order valence-electron chi connectivity index (χ4n) is 1.86. The van der Waals surface area contributed by atoms with Gasteiger partial charge in [0, 0.05) is 19.2 Å².